The summed E-state index contributed by atoms with van der Waals surface area (Å²) in [4.78, 5) is 2.10. The zero-order valence-corrected chi connectivity index (χ0v) is 8.17. The third-order valence-electron chi connectivity index (χ3n) is 1.88. The Morgan fingerprint density at radius 1 is 1.58 bits per heavy atom. The van der Waals surface area contributed by atoms with Gasteiger partial charge in [-0.15, -0.1) is 0 Å². The third kappa shape index (κ3) is 3.28. The fraction of sp³-hybridized carbons (Fsp3) is 0.400. The first-order valence-corrected chi connectivity index (χ1v) is 4.10. The Bertz CT molecular complexity index is 202. The van der Waals surface area contributed by atoms with Gasteiger partial charge in [0.15, 0.2) is 0 Å². The van der Waals surface area contributed by atoms with E-state index in [2.05, 4.69) is 18.4 Å². The summed E-state index contributed by atoms with van der Waals surface area (Å²) in [7, 11) is 2.02. The van der Waals surface area contributed by atoms with Crippen molar-refractivity contribution < 1.29 is 0 Å². The Morgan fingerprint density at radius 2 is 2.17 bits per heavy atom. The number of nitrogens with zero attached hydrogens (tertiary/aromatic N) is 1. The minimum absolute atomic E-state index is 0.791. The fourth-order valence-corrected chi connectivity index (χ4v) is 0.750. The average Bonchev–Trinajstić information content (AvgIpc) is 2.11. The predicted octanol–water partition coefficient (Wildman–Crippen LogP) is 1.87. The van der Waals surface area contributed by atoms with Gasteiger partial charge in [0.1, 0.15) is 0 Å². The highest BCUT2D eigenvalue weighted by Crippen LogP contribution is 2.03. The van der Waals surface area contributed by atoms with Gasteiger partial charge < -0.3 is 10.6 Å². The lowest BCUT2D eigenvalue weighted by Crippen LogP contribution is -2.18. The van der Waals surface area contributed by atoms with Crippen molar-refractivity contribution in [2.75, 3.05) is 13.6 Å². The van der Waals surface area contributed by atoms with Crippen molar-refractivity contribution in [2.24, 2.45) is 5.73 Å². The first kappa shape index (κ1) is 10.8. The zero-order valence-electron chi connectivity index (χ0n) is 8.17. The summed E-state index contributed by atoms with van der Waals surface area (Å²) in [5.41, 5.74) is 7.67. The van der Waals surface area contributed by atoms with Crippen LogP contribution in [0.2, 0.25) is 0 Å². The number of allylic oxidation sites excluding steroid dienone is 4. The van der Waals surface area contributed by atoms with Gasteiger partial charge in [0.2, 0.25) is 0 Å². The lowest BCUT2D eigenvalue weighted by molar-refractivity contribution is 0.439. The van der Waals surface area contributed by atoms with E-state index in [1.807, 2.05) is 26.1 Å². The van der Waals surface area contributed by atoms with Crippen molar-refractivity contribution in [3.05, 3.63) is 36.2 Å². The molecule has 68 valence electrons. The molecule has 0 fully saturated rings. The Labute approximate surface area is 75.1 Å². The minimum Gasteiger partial charge on any atom is -0.397 e. The number of hydrogen-bond acceptors (Lipinski definition) is 2. The molecule has 0 saturated carbocycles. The predicted molar refractivity (Wildman–Crippen MR) is 54.5 cm³/mol. The molecule has 0 heterocycles. The van der Waals surface area contributed by atoms with Crippen LogP contribution in [0.4, 0.5) is 0 Å². The van der Waals surface area contributed by atoms with E-state index in [-0.39, 0.29) is 0 Å². The quantitative estimate of drug-likeness (QED) is 0.646. The third-order valence-corrected chi connectivity index (χ3v) is 1.88. The molecule has 0 aromatic rings. The molecule has 0 aliphatic heterocycles. The highest BCUT2D eigenvalue weighted by molar-refractivity contribution is 5.22. The maximum Gasteiger partial charge on any atom is 0.0505 e. The SMILES string of the molecule is C=C/C=C\C(N)=C(/C)N(C)CC. The fourth-order valence-electron chi connectivity index (χ4n) is 0.750. The molecule has 0 radical (unpaired) electrons. The summed E-state index contributed by atoms with van der Waals surface area (Å²) >= 11 is 0. The van der Waals surface area contributed by atoms with Gasteiger partial charge in [-0.2, -0.15) is 0 Å². The van der Waals surface area contributed by atoms with E-state index in [4.69, 9.17) is 5.73 Å². The highest BCUT2D eigenvalue weighted by Gasteiger charge is 1.97. The number of rotatable bonds is 4. The van der Waals surface area contributed by atoms with Gasteiger partial charge in [-0.3, -0.25) is 0 Å². The molecule has 0 saturated heterocycles. The first-order valence-electron chi connectivity index (χ1n) is 4.10. The molecule has 0 aromatic carbocycles. The van der Waals surface area contributed by atoms with Crippen LogP contribution in [0.5, 0.6) is 0 Å². The Hall–Kier alpha value is -1.18. The summed E-state index contributed by atoms with van der Waals surface area (Å²) in [6.45, 7) is 8.64. The van der Waals surface area contributed by atoms with Gasteiger partial charge in [0.05, 0.1) is 5.70 Å². The van der Waals surface area contributed by atoms with Crippen LogP contribution in [0.3, 0.4) is 0 Å². The minimum atomic E-state index is 0.791. The molecule has 0 aliphatic rings. The standard InChI is InChI=1S/C10H18N2/c1-5-7-8-10(11)9(3)12(4)6-2/h5,7-8H,1,6,11H2,2-4H3/b8-7-,10-9-. The molecule has 2 N–H and O–H groups in total. The van der Waals surface area contributed by atoms with Gasteiger partial charge in [-0.1, -0.05) is 18.7 Å². The normalized spacial score (nSPS) is 12.9. The molecule has 0 spiro atoms. The van der Waals surface area contributed by atoms with E-state index in [1.54, 1.807) is 6.08 Å². The molecule has 2 nitrogen and oxygen atoms in total. The lowest BCUT2D eigenvalue weighted by Gasteiger charge is -2.18. The van der Waals surface area contributed by atoms with E-state index < -0.39 is 0 Å². The van der Waals surface area contributed by atoms with Gasteiger partial charge in [0.25, 0.3) is 0 Å². The number of nitrogens with two attached hydrogens (primary N) is 1. The second kappa shape index (κ2) is 5.47. The molecule has 0 amide bonds. The van der Waals surface area contributed by atoms with Crippen LogP contribution in [-0.4, -0.2) is 18.5 Å². The molecule has 2 heteroatoms. The zero-order chi connectivity index (χ0) is 9.56. The Morgan fingerprint density at radius 3 is 2.58 bits per heavy atom. The molecule has 12 heavy (non-hydrogen) atoms. The Balaban J connectivity index is 4.44. The molecule has 0 atom stereocenters. The maximum absolute atomic E-state index is 5.78. The van der Waals surface area contributed by atoms with Crippen LogP contribution < -0.4 is 5.73 Å². The molecular weight excluding hydrogens is 148 g/mol. The molecule has 0 rings (SSSR count). The van der Waals surface area contributed by atoms with Gasteiger partial charge in [-0.25, -0.2) is 0 Å². The van der Waals surface area contributed by atoms with Crippen molar-refractivity contribution in [2.45, 2.75) is 13.8 Å². The van der Waals surface area contributed by atoms with Gasteiger partial charge >= 0.3 is 0 Å². The van der Waals surface area contributed by atoms with E-state index in [1.165, 1.54) is 0 Å². The van der Waals surface area contributed by atoms with Crippen molar-refractivity contribution >= 4 is 0 Å². The topological polar surface area (TPSA) is 29.3 Å². The monoisotopic (exact) mass is 166 g/mol. The molecule has 0 aliphatic carbocycles. The summed E-state index contributed by atoms with van der Waals surface area (Å²) in [5, 5.41) is 0. The maximum atomic E-state index is 5.78. The molecule has 0 aromatic heterocycles. The van der Waals surface area contributed by atoms with Crippen molar-refractivity contribution in [1.82, 2.24) is 4.90 Å². The van der Waals surface area contributed by atoms with Crippen LogP contribution in [-0.2, 0) is 0 Å². The Kier molecular flexibility index (Phi) is 4.93. The van der Waals surface area contributed by atoms with Crippen molar-refractivity contribution in [1.29, 1.82) is 0 Å². The lowest BCUT2D eigenvalue weighted by atomic mass is 10.3. The van der Waals surface area contributed by atoms with E-state index in [9.17, 15) is 0 Å². The van der Waals surface area contributed by atoms with E-state index in [0.29, 0.717) is 0 Å². The molecular formula is C10H18N2. The molecule has 0 bridgehead atoms. The van der Waals surface area contributed by atoms with Crippen LogP contribution in [0.25, 0.3) is 0 Å². The summed E-state index contributed by atoms with van der Waals surface area (Å²) in [6, 6.07) is 0. The van der Waals surface area contributed by atoms with Crippen LogP contribution in [0.1, 0.15) is 13.8 Å². The van der Waals surface area contributed by atoms with Gasteiger partial charge in [0, 0.05) is 19.3 Å². The van der Waals surface area contributed by atoms with E-state index in [0.717, 1.165) is 17.9 Å². The van der Waals surface area contributed by atoms with Crippen LogP contribution in [0, 0.1) is 0 Å². The van der Waals surface area contributed by atoms with Crippen LogP contribution >= 0.6 is 0 Å². The average molecular weight is 166 g/mol. The number of hydrogen-bond donors (Lipinski definition) is 1. The smallest absolute Gasteiger partial charge is 0.0505 e. The van der Waals surface area contributed by atoms with Crippen LogP contribution in [0.15, 0.2) is 36.2 Å². The second-order valence-electron chi connectivity index (χ2n) is 2.65. The highest BCUT2D eigenvalue weighted by atomic mass is 15.1. The summed E-state index contributed by atoms with van der Waals surface area (Å²) in [5.74, 6) is 0. The largest absolute Gasteiger partial charge is 0.397 e. The first-order chi connectivity index (χ1) is 5.63. The van der Waals surface area contributed by atoms with Crippen molar-refractivity contribution in [3.63, 3.8) is 0 Å². The second-order valence-corrected chi connectivity index (χ2v) is 2.65. The summed E-state index contributed by atoms with van der Waals surface area (Å²) in [6.07, 6.45) is 5.41. The van der Waals surface area contributed by atoms with Gasteiger partial charge in [-0.05, 0) is 19.9 Å². The molecule has 0 unspecified atom stereocenters. The van der Waals surface area contributed by atoms with Crippen molar-refractivity contribution in [3.8, 4) is 0 Å². The summed E-state index contributed by atoms with van der Waals surface area (Å²) < 4.78 is 0. The van der Waals surface area contributed by atoms with E-state index >= 15 is 0 Å².